The van der Waals surface area contributed by atoms with Crippen LogP contribution in [0.25, 0.3) is 0 Å². The summed E-state index contributed by atoms with van der Waals surface area (Å²) < 4.78 is 29.6. The molecule has 5 rings (SSSR count). The Bertz CT molecular complexity index is 843. The van der Waals surface area contributed by atoms with Crippen LogP contribution >= 0.6 is 11.6 Å². The number of hydrogen-bond donors (Lipinski definition) is 2. The van der Waals surface area contributed by atoms with E-state index in [1.165, 1.54) is 6.07 Å². The van der Waals surface area contributed by atoms with Crippen molar-refractivity contribution in [2.24, 2.45) is 17.3 Å². The Morgan fingerprint density at radius 2 is 1.97 bits per heavy atom. The molecule has 2 bridgehead atoms. The molecular weight excluding hydrogens is 400 g/mol. The van der Waals surface area contributed by atoms with E-state index < -0.39 is 23.1 Å². The Hall–Kier alpha value is -1.89. The van der Waals surface area contributed by atoms with Crippen LogP contribution < -0.4 is 10.6 Å². The Morgan fingerprint density at radius 1 is 1.28 bits per heavy atom. The molecule has 3 amide bonds. The lowest BCUT2D eigenvalue weighted by molar-refractivity contribution is -0.131. The van der Waals surface area contributed by atoms with Crippen molar-refractivity contribution in [3.63, 3.8) is 0 Å². The van der Waals surface area contributed by atoms with Crippen LogP contribution in [0.15, 0.2) is 12.1 Å². The third-order valence-corrected chi connectivity index (χ3v) is 7.46. The van der Waals surface area contributed by atoms with Gasteiger partial charge in [0.2, 0.25) is 5.91 Å². The quantitative estimate of drug-likeness (QED) is 0.716. The van der Waals surface area contributed by atoms with Gasteiger partial charge in [-0.05, 0) is 42.7 Å². The first kappa shape index (κ1) is 20.4. The molecule has 8 heteroatoms. The first-order valence-electron chi connectivity index (χ1n) is 10.2. The van der Waals surface area contributed by atoms with Gasteiger partial charge in [0.05, 0.1) is 17.0 Å². The van der Waals surface area contributed by atoms with Crippen LogP contribution in [0.4, 0.5) is 13.6 Å². The van der Waals surface area contributed by atoms with Gasteiger partial charge >= 0.3 is 6.03 Å². The molecule has 158 valence electrons. The van der Waals surface area contributed by atoms with Gasteiger partial charge < -0.3 is 15.5 Å². The highest BCUT2D eigenvalue weighted by Crippen LogP contribution is 2.51. The number of hydrogen-bond acceptors (Lipinski definition) is 2. The standard InChI is InChI=1S/C21H26ClF2N3O2/c1-21(7-3-4-8-21)18(16-13(23)6-5-12(22)17(16)24)26-19(28)15-11-9-14(15)27(10-11)20(29)25-2/h5-6,11,14-15,18H,3-4,7-10H2,1-2H3,(H,25,29)(H,26,28)/t11?,14?,15?,18-/m1/s1. The molecule has 3 unspecified atom stereocenters. The zero-order chi connectivity index (χ0) is 20.9. The Kier molecular flexibility index (Phi) is 5.21. The lowest BCUT2D eigenvalue weighted by Crippen LogP contribution is -2.52. The van der Waals surface area contributed by atoms with Crippen molar-refractivity contribution in [1.82, 2.24) is 15.5 Å². The first-order valence-corrected chi connectivity index (χ1v) is 10.6. The number of nitrogens with one attached hydrogen (secondary N) is 2. The first-order chi connectivity index (χ1) is 13.8. The average Bonchev–Trinajstić information content (AvgIpc) is 3.39. The number of amides is 3. The number of fused-ring (bicyclic) bond motifs is 1. The molecule has 4 aliphatic rings. The van der Waals surface area contributed by atoms with Gasteiger partial charge in [-0.3, -0.25) is 4.79 Å². The zero-order valence-electron chi connectivity index (χ0n) is 16.6. The summed E-state index contributed by atoms with van der Waals surface area (Å²) in [6.07, 6.45) is 4.22. The van der Waals surface area contributed by atoms with E-state index in [0.717, 1.165) is 38.2 Å². The summed E-state index contributed by atoms with van der Waals surface area (Å²) in [5.74, 6) is -2.01. The van der Waals surface area contributed by atoms with Gasteiger partial charge in [0, 0.05) is 25.2 Å². The largest absolute Gasteiger partial charge is 0.348 e. The molecule has 0 radical (unpaired) electrons. The number of nitrogens with zero attached hydrogens (tertiary/aromatic N) is 1. The van der Waals surface area contributed by atoms with Gasteiger partial charge in [-0.15, -0.1) is 0 Å². The Morgan fingerprint density at radius 3 is 2.62 bits per heavy atom. The van der Waals surface area contributed by atoms with E-state index in [1.807, 2.05) is 6.92 Å². The maximum atomic E-state index is 14.9. The number of urea groups is 1. The molecule has 2 saturated carbocycles. The molecule has 2 aliphatic heterocycles. The van der Waals surface area contributed by atoms with Gasteiger partial charge in [0.15, 0.2) is 0 Å². The predicted octanol–water partition coefficient (Wildman–Crippen LogP) is 4.02. The Labute approximate surface area is 174 Å². The van der Waals surface area contributed by atoms with Crippen molar-refractivity contribution in [2.45, 2.75) is 51.1 Å². The summed E-state index contributed by atoms with van der Waals surface area (Å²) >= 11 is 5.94. The third-order valence-electron chi connectivity index (χ3n) is 7.17. The van der Waals surface area contributed by atoms with Gasteiger partial charge in [0.1, 0.15) is 11.6 Å². The minimum Gasteiger partial charge on any atom is -0.348 e. The molecule has 2 saturated heterocycles. The molecule has 0 aromatic heterocycles. The highest BCUT2D eigenvalue weighted by Gasteiger charge is 2.57. The second-order valence-electron chi connectivity index (χ2n) is 8.86. The third kappa shape index (κ3) is 3.27. The van der Waals surface area contributed by atoms with Crippen LogP contribution in [0.1, 0.15) is 50.6 Å². The van der Waals surface area contributed by atoms with Crippen molar-refractivity contribution in [3.8, 4) is 0 Å². The van der Waals surface area contributed by atoms with E-state index in [2.05, 4.69) is 10.6 Å². The summed E-state index contributed by atoms with van der Waals surface area (Å²) in [7, 11) is 1.56. The van der Waals surface area contributed by atoms with Crippen molar-refractivity contribution in [2.75, 3.05) is 13.6 Å². The second-order valence-corrected chi connectivity index (χ2v) is 9.26. The SMILES string of the molecule is CNC(=O)N1CC2CC1C2C(=O)N[C@H](c1c(F)ccc(Cl)c1F)C1(C)CCCC1. The molecule has 4 fully saturated rings. The molecule has 0 spiro atoms. The van der Waals surface area contributed by atoms with E-state index in [-0.39, 0.29) is 40.4 Å². The molecule has 1 aromatic rings. The van der Waals surface area contributed by atoms with E-state index in [1.54, 1.807) is 11.9 Å². The minimum atomic E-state index is -0.811. The van der Waals surface area contributed by atoms with Gasteiger partial charge in [-0.25, -0.2) is 13.6 Å². The second kappa shape index (κ2) is 7.42. The molecule has 4 atom stereocenters. The summed E-state index contributed by atoms with van der Waals surface area (Å²) in [4.78, 5) is 26.9. The van der Waals surface area contributed by atoms with Crippen molar-refractivity contribution < 1.29 is 18.4 Å². The van der Waals surface area contributed by atoms with E-state index >= 15 is 0 Å². The predicted molar refractivity (Wildman–Crippen MR) is 105 cm³/mol. The van der Waals surface area contributed by atoms with Crippen molar-refractivity contribution in [3.05, 3.63) is 34.4 Å². The number of halogens is 3. The molecule has 2 heterocycles. The van der Waals surface area contributed by atoms with Crippen LogP contribution in [0, 0.1) is 28.9 Å². The zero-order valence-corrected chi connectivity index (χ0v) is 17.4. The summed E-state index contributed by atoms with van der Waals surface area (Å²) in [6, 6.07) is 1.19. The maximum Gasteiger partial charge on any atom is 0.317 e. The maximum absolute atomic E-state index is 14.9. The summed E-state index contributed by atoms with van der Waals surface area (Å²) in [5.41, 5.74) is -0.615. The summed E-state index contributed by atoms with van der Waals surface area (Å²) in [6.45, 7) is 2.50. The molecule has 29 heavy (non-hydrogen) atoms. The fourth-order valence-electron chi connectivity index (χ4n) is 5.50. The lowest BCUT2D eigenvalue weighted by Gasteiger charge is -2.40. The smallest absolute Gasteiger partial charge is 0.317 e. The van der Waals surface area contributed by atoms with E-state index in [4.69, 9.17) is 11.6 Å². The molecule has 5 nitrogen and oxygen atoms in total. The normalized spacial score (nSPS) is 28.0. The van der Waals surface area contributed by atoms with Crippen LogP contribution in [-0.4, -0.2) is 36.5 Å². The lowest BCUT2D eigenvalue weighted by atomic mass is 9.72. The minimum absolute atomic E-state index is 0.0865. The fourth-order valence-corrected chi connectivity index (χ4v) is 5.66. The molecule has 2 N–H and O–H groups in total. The van der Waals surface area contributed by atoms with Crippen LogP contribution in [0.2, 0.25) is 5.02 Å². The number of rotatable bonds is 4. The molecule has 1 aromatic carbocycles. The highest BCUT2D eigenvalue weighted by molar-refractivity contribution is 6.30. The number of benzene rings is 1. The van der Waals surface area contributed by atoms with Crippen LogP contribution in [0.3, 0.4) is 0 Å². The molecular formula is C21H26ClF2N3O2. The van der Waals surface area contributed by atoms with Crippen molar-refractivity contribution in [1.29, 1.82) is 0 Å². The number of carbonyl (C=O) groups excluding carboxylic acids is 2. The summed E-state index contributed by atoms with van der Waals surface area (Å²) in [5, 5.41) is 5.42. The monoisotopic (exact) mass is 425 g/mol. The van der Waals surface area contributed by atoms with Crippen LogP contribution in [-0.2, 0) is 4.79 Å². The van der Waals surface area contributed by atoms with Gasteiger partial charge in [0.25, 0.3) is 0 Å². The van der Waals surface area contributed by atoms with Crippen molar-refractivity contribution >= 4 is 23.5 Å². The van der Waals surface area contributed by atoms with Crippen LogP contribution in [0.5, 0.6) is 0 Å². The fraction of sp³-hybridized carbons (Fsp3) is 0.619. The topological polar surface area (TPSA) is 61.4 Å². The van der Waals surface area contributed by atoms with E-state index in [9.17, 15) is 18.4 Å². The van der Waals surface area contributed by atoms with Gasteiger partial charge in [-0.2, -0.15) is 0 Å². The highest BCUT2D eigenvalue weighted by atomic mass is 35.5. The Balaban J connectivity index is 1.62. The molecule has 2 aliphatic carbocycles. The van der Waals surface area contributed by atoms with E-state index in [0.29, 0.717) is 6.54 Å². The number of carbonyl (C=O) groups is 2. The van der Waals surface area contributed by atoms with Gasteiger partial charge in [-0.1, -0.05) is 31.4 Å². The average molecular weight is 426 g/mol.